The van der Waals surface area contributed by atoms with Crippen LogP contribution >= 0.6 is 0 Å². The normalized spacial score (nSPS) is 13.4. The van der Waals surface area contributed by atoms with Crippen LogP contribution in [0.1, 0.15) is 25.0 Å². The summed E-state index contributed by atoms with van der Waals surface area (Å²) in [6.07, 6.45) is 0. The second kappa shape index (κ2) is 9.97. The van der Waals surface area contributed by atoms with Gasteiger partial charge in [0.2, 0.25) is 0 Å². The van der Waals surface area contributed by atoms with Gasteiger partial charge >= 0.3 is 0 Å². The van der Waals surface area contributed by atoms with Gasteiger partial charge in [0.05, 0.1) is 22.1 Å². The Balaban J connectivity index is 1.40. The quantitative estimate of drug-likeness (QED) is 0.198. The van der Waals surface area contributed by atoms with E-state index >= 15 is 0 Å². The smallest absolute Gasteiger partial charge is 0.165 e. The van der Waals surface area contributed by atoms with Crippen LogP contribution in [-0.2, 0) is 5.41 Å². The van der Waals surface area contributed by atoms with Gasteiger partial charge in [-0.05, 0) is 56.8 Å². The van der Waals surface area contributed by atoms with Crippen LogP contribution in [0.2, 0.25) is 0 Å². The maximum absolute atomic E-state index is 5.44. The minimum atomic E-state index is -0.161. The third-order valence-electron chi connectivity index (χ3n) is 10.4. The lowest BCUT2D eigenvalue weighted by molar-refractivity contribution is 0.662. The molecule has 3 nitrogen and oxygen atoms in total. The first-order valence-corrected chi connectivity index (χ1v) is 16.6. The van der Waals surface area contributed by atoms with Crippen LogP contribution in [0, 0.1) is 0 Å². The predicted molar refractivity (Wildman–Crippen MR) is 200 cm³/mol. The maximum Gasteiger partial charge on any atom is 0.165 e. The fourth-order valence-corrected chi connectivity index (χ4v) is 8.28. The van der Waals surface area contributed by atoms with Crippen LogP contribution in [-0.4, -0.2) is 14.5 Å². The third-order valence-corrected chi connectivity index (χ3v) is 10.4. The van der Waals surface area contributed by atoms with E-state index in [1.807, 2.05) is 12.1 Å². The van der Waals surface area contributed by atoms with Gasteiger partial charge < -0.3 is 0 Å². The average Bonchev–Trinajstić information content (AvgIpc) is 3.61. The molecule has 0 fully saturated rings. The van der Waals surface area contributed by atoms with Crippen molar-refractivity contribution in [3.05, 3.63) is 163 Å². The molecule has 0 saturated carbocycles. The first-order chi connectivity index (χ1) is 23.6. The molecule has 0 atom stereocenters. The fourth-order valence-electron chi connectivity index (χ4n) is 8.28. The number of para-hydroxylation sites is 3. The molecule has 48 heavy (non-hydrogen) atoms. The highest BCUT2D eigenvalue weighted by Crippen LogP contribution is 2.53. The fraction of sp³-hybridized carbons (Fsp3) is 0.0667. The van der Waals surface area contributed by atoms with Gasteiger partial charge in [0.15, 0.2) is 5.82 Å². The van der Waals surface area contributed by atoms with Crippen molar-refractivity contribution < 1.29 is 0 Å². The zero-order chi connectivity index (χ0) is 32.0. The van der Waals surface area contributed by atoms with E-state index in [1.54, 1.807) is 0 Å². The summed E-state index contributed by atoms with van der Waals surface area (Å²) in [6.45, 7) is 4.74. The molecule has 0 amide bonds. The first kappa shape index (κ1) is 27.1. The number of hydrogen-bond donors (Lipinski definition) is 0. The van der Waals surface area contributed by atoms with Gasteiger partial charge in [-0.2, -0.15) is 0 Å². The van der Waals surface area contributed by atoms with Gasteiger partial charge in [-0.3, -0.25) is 4.57 Å². The summed E-state index contributed by atoms with van der Waals surface area (Å²) in [6, 6.07) is 54.4. The SMILES string of the molecule is CC1(C)c2ccccc2-c2cccc(-c3cccc4c5c6ccccc6ccc5n(-c5nc6ccccc6nc5-c5ccccc5)c34)c21. The molecule has 7 aromatic carbocycles. The molecule has 2 heterocycles. The van der Waals surface area contributed by atoms with Gasteiger partial charge in [0.25, 0.3) is 0 Å². The summed E-state index contributed by atoms with van der Waals surface area (Å²) in [5.41, 5.74) is 13.6. The van der Waals surface area contributed by atoms with Crippen LogP contribution in [0.15, 0.2) is 152 Å². The number of benzene rings is 7. The van der Waals surface area contributed by atoms with Crippen LogP contribution in [0.5, 0.6) is 0 Å². The molecule has 3 heteroatoms. The Labute approximate surface area is 278 Å². The van der Waals surface area contributed by atoms with Crippen molar-refractivity contribution in [2.75, 3.05) is 0 Å². The number of nitrogens with zero attached hydrogens (tertiary/aromatic N) is 3. The molecule has 0 aliphatic heterocycles. The Morgan fingerprint density at radius 3 is 1.98 bits per heavy atom. The molecule has 226 valence electrons. The zero-order valence-electron chi connectivity index (χ0n) is 26.8. The molecule has 1 aliphatic carbocycles. The minimum Gasteiger partial charge on any atom is -0.291 e. The second-order valence-corrected chi connectivity index (χ2v) is 13.4. The standard InChI is InChI=1S/C45H31N3/c1-45(2)36-23-9-8-18-31(36)32-19-12-20-33(41(32)45)34-21-13-22-35-40-30-17-7-6-14-28(30)26-27-39(40)48(43(34)35)44-42(29-15-4-3-5-16-29)46-37-24-10-11-25-38(37)47-44/h3-27H,1-2H3. The lowest BCUT2D eigenvalue weighted by atomic mass is 9.78. The summed E-state index contributed by atoms with van der Waals surface area (Å²) in [5.74, 6) is 0.831. The van der Waals surface area contributed by atoms with Crippen LogP contribution in [0.25, 0.3) is 82.9 Å². The van der Waals surface area contributed by atoms with Gasteiger partial charge in [0.1, 0.15) is 5.69 Å². The molecule has 0 unspecified atom stereocenters. The van der Waals surface area contributed by atoms with E-state index in [4.69, 9.17) is 9.97 Å². The highest BCUT2D eigenvalue weighted by atomic mass is 15.1. The van der Waals surface area contributed by atoms with Crippen molar-refractivity contribution in [1.29, 1.82) is 0 Å². The molecule has 0 radical (unpaired) electrons. The highest BCUT2D eigenvalue weighted by molar-refractivity contribution is 6.23. The maximum atomic E-state index is 5.44. The Morgan fingerprint density at radius 1 is 0.500 bits per heavy atom. The number of aromatic nitrogens is 3. The third kappa shape index (κ3) is 3.70. The average molecular weight is 614 g/mol. The van der Waals surface area contributed by atoms with E-state index in [0.717, 1.165) is 39.1 Å². The van der Waals surface area contributed by atoms with E-state index in [0.29, 0.717) is 0 Å². The highest BCUT2D eigenvalue weighted by Gasteiger charge is 2.38. The number of hydrogen-bond acceptors (Lipinski definition) is 2. The van der Waals surface area contributed by atoms with Crippen LogP contribution in [0.3, 0.4) is 0 Å². The molecule has 10 rings (SSSR count). The van der Waals surface area contributed by atoms with Crippen molar-refractivity contribution in [2.24, 2.45) is 0 Å². The molecule has 0 N–H and O–H groups in total. The molecule has 1 aliphatic rings. The first-order valence-electron chi connectivity index (χ1n) is 16.6. The monoisotopic (exact) mass is 613 g/mol. The van der Waals surface area contributed by atoms with E-state index < -0.39 is 0 Å². The van der Waals surface area contributed by atoms with Gasteiger partial charge in [-0.1, -0.05) is 147 Å². The Hall–Kier alpha value is -6.06. The van der Waals surface area contributed by atoms with Crippen molar-refractivity contribution in [1.82, 2.24) is 14.5 Å². The summed E-state index contributed by atoms with van der Waals surface area (Å²) >= 11 is 0. The van der Waals surface area contributed by atoms with Crippen molar-refractivity contribution in [3.63, 3.8) is 0 Å². The molecule has 0 saturated heterocycles. The van der Waals surface area contributed by atoms with Crippen LogP contribution < -0.4 is 0 Å². The Kier molecular flexibility index (Phi) is 5.63. The van der Waals surface area contributed by atoms with Gasteiger partial charge in [-0.25, -0.2) is 9.97 Å². The van der Waals surface area contributed by atoms with Crippen LogP contribution in [0.4, 0.5) is 0 Å². The second-order valence-electron chi connectivity index (χ2n) is 13.4. The summed E-state index contributed by atoms with van der Waals surface area (Å²) in [5, 5.41) is 4.89. The molecule has 9 aromatic rings. The number of rotatable bonds is 3. The van der Waals surface area contributed by atoms with Gasteiger partial charge in [-0.15, -0.1) is 0 Å². The zero-order valence-corrected chi connectivity index (χ0v) is 26.8. The van der Waals surface area contributed by atoms with Crippen molar-refractivity contribution in [2.45, 2.75) is 19.3 Å². The van der Waals surface area contributed by atoms with Crippen molar-refractivity contribution >= 4 is 43.6 Å². The molecule has 0 spiro atoms. The topological polar surface area (TPSA) is 30.7 Å². The largest absolute Gasteiger partial charge is 0.291 e. The Morgan fingerprint density at radius 2 is 1.12 bits per heavy atom. The summed E-state index contributed by atoms with van der Waals surface area (Å²) in [4.78, 5) is 10.7. The molecular formula is C45H31N3. The lowest BCUT2D eigenvalue weighted by Gasteiger charge is -2.25. The van der Waals surface area contributed by atoms with Crippen molar-refractivity contribution in [3.8, 4) is 39.3 Å². The summed E-state index contributed by atoms with van der Waals surface area (Å²) < 4.78 is 2.39. The predicted octanol–water partition coefficient (Wildman–Crippen LogP) is 11.5. The molecular weight excluding hydrogens is 583 g/mol. The van der Waals surface area contributed by atoms with E-state index in [2.05, 4.69) is 158 Å². The lowest BCUT2D eigenvalue weighted by Crippen LogP contribution is -2.16. The molecule has 0 bridgehead atoms. The molecule has 2 aromatic heterocycles. The number of fused-ring (bicyclic) bond motifs is 9. The summed E-state index contributed by atoms with van der Waals surface area (Å²) in [7, 11) is 0. The Bertz CT molecular complexity index is 2750. The van der Waals surface area contributed by atoms with E-state index in [1.165, 1.54) is 54.9 Å². The van der Waals surface area contributed by atoms with E-state index in [9.17, 15) is 0 Å². The van der Waals surface area contributed by atoms with Gasteiger partial charge in [0, 0.05) is 27.3 Å². The van der Waals surface area contributed by atoms with E-state index in [-0.39, 0.29) is 5.41 Å². The minimum absolute atomic E-state index is 0.161.